The van der Waals surface area contributed by atoms with Crippen molar-refractivity contribution in [3.8, 4) is 17.0 Å². The minimum atomic E-state index is 0.195. The average Bonchev–Trinajstić information content (AvgIpc) is 3.24. The van der Waals surface area contributed by atoms with Crippen LogP contribution in [0.25, 0.3) is 33.2 Å². The predicted molar refractivity (Wildman–Crippen MR) is 112 cm³/mol. The summed E-state index contributed by atoms with van der Waals surface area (Å²) in [6.45, 7) is 4.24. The van der Waals surface area contributed by atoms with Gasteiger partial charge in [0.25, 0.3) is 0 Å². The Hall–Kier alpha value is -2.87. The highest BCUT2D eigenvalue weighted by molar-refractivity contribution is 6.04. The molecular weight excluding hydrogens is 351 g/mol. The standard InChI is InChI=1S/C20H23BN6O/c1-12-7-17(15-8-13-10-25(2)23-16(13)9-19(15)28)22-18-11-27(24-20(12)18)14-3-5-26(21)6-4-14/h7-11,14,28H,3-6,21H2,1-2H3. The zero-order chi connectivity index (χ0) is 19.4. The fourth-order valence-corrected chi connectivity index (χ4v) is 4.15. The molecular formula is C20H23BN6O. The normalized spacial score (nSPS) is 16.4. The van der Waals surface area contributed by atoms with Crippen molar-refractivity contribution in [3.05, 3.63) is 36.2 Å². The van der Waals surface area contributed by atoms with Gasteiger partial charge >= 0.3 is 0 Å². The van der Waals surface area contributed by atoms with Crippen LogP contribution in [0.3, 0.4) is 0 Å². The van der Waals surface area contributed by atoms with E-state index in [-0.39, 0.29) is 5.75 Å². The molecule has 142 valence electrons. The number of aryl methyl sites for hydroxylation is 2. The molecule has 1 aliphatic rings. The van der Waals surface area contributed by atoms with E-state index in [1.807, 2.05) is 25.4 Å². The number of fused-ring (bicyclic) bond motifs is 2. The lowest BCUT2D eigenvalue weighted by Crippen LogP contribution is -2.32. The largest absolute Gasteiger partial charge is 0.507 e. The molecule has 1 N–H and O–H groups in total. The summed E-state index contributed by atoms with van der Waals surface area (Å²) in [4.78, 5) is 7.19. The van der Waals surface area contributed by atoms with Crippen LogP contribution in [0.15, 0.2) is 30.6 Å². The first-order valence-electron chi connectivity index (χ1n) is 9.70. The second-order valence-corrected chi connectivity index (χ2v) is 7.93. The molecule has 1 aliphatic heterocycles. The molecule has 3 aromatic heterocycles. The number of aromatic nitrogens is 5. The van der Waals surface area contributed by atoms with Gasteiger partial charge in [-0.25, -0.2) is 4.98 Å². The highest BCUT2D eigenvalue weighted by Crippen LogP contribution is 2.34. The monoisotopic (exact) mass is 374 g/mol. The highest BCUT2D eigenvalue weighted by atomic mass is 16.3. The summed E-state index contributed by atoms with van der Waals surface area (Å²) in [5.41, 5.74) is 5.13. The number of rotatable bonds is 2. The lowest BCUT2D eigenvalue weighted by molar-refractivity contribution is 0.269. The Kier molecular flexibility index (Phi) is 3.91. The Morgan fingerprint density at radius 3 is 2.64 bits per heavy atom. The van der Waals surface area contributed by atoms with Crippen LogP contribution in [0.5, 0.6) is 5.75 Å². The summed E-state index contributed by atoms with van der Waals surface area (Å²) in [7, 11) is 4.04. The van der Waals surface area contributed by atoms with Crippen LogP contribution in [0.4, 0.5) is 0 Å². The van der Waals surface area contributed by atoms with Crippen LogP contribution in [0.1, 0.15) is 24.4 Å². The van der Waals surface area contributed by atoms with Crippen molar-refractivity contribution in [2.24, 2.45) is 7.05 Å². The third-order valence-corrected chi connectivity index (χ3v) is 5.75. The van der Waals surface area contributed by atoms with E-state index in [1.165, 1.54) is 0 Å². The van der Waals surface area contributed by atoms with Crippen molar-refractivity contribution in [1.82, 2.24) is 29.4 Å². The molecule has 1 aromatic carbocycles. The minimum absolute atomic E-state index is 0.195. The van der Waals surface area contributed by atoms with E-state index in [2.05, 4.69) is 35.7 Å². The van der Waals surface area contributed by atoms with Crippen molar-refractivity contribution in [1.29, 1.82) is 0 Å². The second-order valence-electron chi connectivity index (χ2n) is 7.93. The minimum Gasteiger partial charge on any atom is -0.507 e. The van der Waals surface area contributed by atoms with E-state index < -0.39 is 0 Å². The van der Waals surface area contributed by atoms with Gasteiger partial charge < -0.3 is 9.92 Å². The Bertz CT molecular complexity index is 1190. The smallest absolute Gasteiger partial charge is 0.185 e. The zero-order valence-electron chi connectivity index (χ0n) is 16.4. The first-order chi connectivity index (χ1) is 13.5. The van der Waals surface area contributed by atoms with Crippen LogP contribution in [-0.4, -0.2) is 55.5 Å². The SMILES string of the molecule is BN1CCC(n2cc3nc(-c4cc5cn(C)nc5cc4O)cc(C)c3n2)CC1. The fourth-order valence-electron chi connectivity index (χ4n) is 4.15. The number of benzene rings is 1. The molecule has 0 saturated carbocycles. The summed E-state index contributed by atoms with van der Waals surface area (Å²) in [6, 6.07) is 6.08. The maximum absolute atomic E-state index is 10.6. The zero-order valence-corrected chi connectivity index (χ0v) is 16.4. The van der Waals surface area contributed by atoms with E-state index >= 15 is 0 Å². The number of piperidine rings is 1. The molecule has 0 amide bonds. The van der Waals surface area contributed by atoms with Gasteiger partial charge in [0.15, 0.2) is 7.98 Å². The highest BCUT2D eigenvalue weighted by Gasteiger charge is 2.20. The molecule has 4 aromatic rings. The summed E-state index contributed by atoms with van der Waals surface area (Å²) in [5, 5.41) is 20.7. The van der Waals surface area contributed by atoms with Gasteiger partial charge in [-0.15, -0.1) is 0 Å². The third-order valence-electron chi connectivity index (χ3n) is 5.75. The van der Waals surface area contributed by atoms with E-state index in [0.29, 0.717) is 6.04 Å². The van der Waals surface area contributed by atoms with Crippen LogP contribution >= 0.6 is 0 Å². The Labute approximate surface area is 164 Å². The number of aromatic hydroxyl groups is 1. The van der Waals surface area contributed by atoms with E-state index in [9.17, 15) is 5.11 Å². The maximum atomic E-state index is 10.6. The number of hydrogen-bond donors (Lipinski definition) is 1. The first-order valence-corrected chi connectivity index (χ1v) is 9.70. The molecule has 0 radical (unpaired) electrons. The molecule has 0 unspecified atom stereocenters. The molecule has 28 heavy (non-hydrogen) atoms. The molecule has 4 heterocycles. The van der Waals surface area contributed by atoms with Gasteiger partial charge in [0.1, 0.15) is 16.8 Å². The fraction of sp³-hybridized carbons (Fsp3) is 0.350. The van der Waals surface area contributed by atoms with Gasteiger partial charge in [-0.1, -0.05) is 0 Å². The van der Waals surface area contributed by atoms with E-state index in [4.69, 9.17) is 10.1 Å². The van der Waals surface area contributed by atoms with Crippen LogP contribution < -0.4 is 0 Å². The lowest BCUT2D eigenvalue weighted by atomic mass is 10.0. The van der Waals surface area contributed by atoms with Crippen LogP contribution in [0.2, 0.25) is 0 Å². The Balaban J connectivity index is 1.58. The van der Waals surface area contributed by atoms with Crippen LogP contribution in [0, 0.1) is 6.92 Å². The van der Waals surface area contributed by atoms with Gasteiger partial charge in [-0.3, -0.25) is 9.36 Å². The summed E-state index contributed by atoms with van der Waals surface area (Å²) in [6.07, 6.45) is 6.22. The van der Waals surface area contributed by atoms with E-state index in [1.54, 1.807) is 10.7 Å². The predicted octanol–water partition coefficient (Wildman–Crippen LogP) is 2.18. The second kappa shape index (κ2) is 6.34. The lowest BCUT2D eigenvalue weighted by Gasteiger charge is -2.29. The van der Waals surface area contributed by atoms with Gasteiger partial charge in [0.2, 0.25) is 0 Å². The van der Waals surface area contributed by atoms with Crippen molar-refractivity contribution in [2.75, 3.05) is 13.1 Å². The maximum Gasteiger partial charge on any atom is 0.185 e. The molecule has 1 saturated heterocycles. The average molecular weight is 374 g/mol. The number of nitrogens with zero attached hydrogens (tertiary/aromatic N) is 6. The summed E-state index contributed by atoms with van der Waals surface area (Å²) < 4.78 is 3.84. The molecule has 0 atom stereocenters. The molecule has 1 fully saturated rings. The molecule has 5 rings (SSSR count). The molecule has 0 aliphatic carbocycles. The molecule has 8 heteroatoms. The first kappa shape index (κ1) is 17.2. The quantitative estimate of drug-likeness (QED) is 0.545. The number of hydrogen-bond acceptors (Lipinski definition) is 5. The number of phenolic OH excluding ortho intramolecular Hbond substituents is 1. The van der Waals surface area contributed by atoms with Crippen molar-refractivity contribution in [3.63, 3.8) is 0 Å². The van der Waals surface area contributed by atoms with Crippen LogP contribution in [-0.2, 0) is 7.05 Å². The number of phenols is 1. The van der Waals surface area contributed by atoms with Gasteiger partial charge in [0.05, 0.1) is 23.4 Å². The van der Waals surface area contributed by atoms with Crippen molar-refractivity contribution < 1.29 is 5.11 Å². The third kappa shape index (κ3) is 2.84. The Morgan fingerprint density at radius 1 is 1.07 bits per heavy atom. The molecule has 0 bridgehead atoms. The Morgan fingerprint density at radius 2 is 1.86 bits per heavy atom. The van der Waals surface area contributed by atoms with Gasteiger partial charge in [-0.05, 0) is 50.6 Å². The van der Waals surface area contributed by atoms with E-state index in [0.717, 1.165) is 64.7 Å². The van der Waals surface area contributed by atoms with Gasteiger partial charge in [0, 0.05) is 30.3 Å². The topological polar surface area (TPSA) is 72.0 Å². The molecule has 7 nitrogen and oxygen atoms in total. The van der Waals surface area contributed by atoms with Crippen molar-refractivity contribution >= 4 is 29.9 Å². The summed E-state index contributed by atoms with van der Waals surface area (Å²) in [5.74, 6) is 0.195. The number of pyridine rings is 1. The van der Waals surface area contributed by atoms with Gasteiger partial charge in [-0.2, -0.15) is 10.2 Å². The van der Waals surface area contributed by atoms with Crippen molar-refractivity contribution in [2.45, 2.75) is 25.8 Å². The molecule has 0 spiro atoms. The summed E-state index contributed by atoms with van der Waals surface area (Å²) >= 11 is 0.